The summed E-state index contributed by atoms with van der Waals surface area (Å²) in [6.45, 7) is 1.82. The fraction of sp³-hybridized carbons (Fsp3) is 0.500. The third-order valence-corrected chi connectivity index (χ3v) is 4.03. The molecule has 2 unspecified atom stereocenters. The van der Waals surface area contributed by atoms with Gasteiger partial charge in [0.05, 0.1) is 0 Å². The van der Waals surface area contributed by atoms with Crippen LogP contribution in [0.3, 0.4) is 0 Å². The Morgan fingerprint density at radius 1 is 1.50 bits per heavy atom. The van der Waals surface area contributed by atoms with Gasteiger partial charge in [0.1, 0.15) is 17.4 Å². The Labute approximate surface area is 105 Å². The first-order valence-electron chi connectivity index (χ1n) is 6.16. The summed E-state index contributed by atoms with van der Waals surface area (Å²) in [5.41, 5.74) is 5.46. The number of benzene rings is 1. The van der Waals surface area contributed by atoms with Crippen molar-refractivity contribution in [3.05, 3.63) is 35.4 Å². The topological polar surface area (TPSA) is 43.1 Å². The van der Waals surface area contributed by atoms with Crippen LogP contribution in [0.15, 0.2) is 18.2 Å². The number of Topliss-reactive ketones (excluding diaryl/α,β-unsaturated/α-hetero) is 1. The highest BCUT2D eigenvalue weighted by atomic mass is 19.1. The van der Waals surface area contributed by atoms with Gasteiger partial charge in [-0.3, -0.25) is 4.79 Å². The smallest absolute Gasteiger partial charge is 0.144 e. The van der Waals surface area contributed by atoms with Gasteiger partial charge in [-0.05, 0) is 36.6 Å². The Balaban J connectivity index is 2.19. The van der Waals surface area contributed by atoms with Crippen LogP contribution in [0.25, 0.3) is 0 Å². The summed E-state index contributed by atoms with van der Waals surface area (Å²) >= 11 is 0. The van der Waals surface area contributed by atoms with Crippen LogP contribution in [-0.2, 0) is 11.2 Å². The zero-order valence-electron chi connectivity index (χ0n) is 10.4. The lowest BCUT2D eigenvalue weighted by molar-refractivity contribution is -0.127. The van der Waals surface area contributed by atoms with E-state index in [4.69, 9.17) is 5.73 Å². The quantitative estimate of drug-likeness (QED) is 0.899. The van der Waals surface area contributed by atoms with E-state index in [1.165, 1.54) is 0 Å². The number of nitrogens with two attached hydrogens (primary N) is 1. The summed E-state index contributed by atoms with van der Waals surface area (Å²) < 4.78 is 26.5. The van der Waals surface area contributed by atoms with E-state index in [9.17, 15) is 13.6 Å². The zero-order valence-corrected chi connectivity index (χ0v) is 10.4. The molecule has 18 heavy (non-hydrogen) atoms. The van der Waals surface area contributed by atoms with Crippen molar-refractivity contribution in [2.75, 3.05) is 0 Å². The Morgan fingerprint density at radius 3 is 2.83 bits per heavy atom. The van der Waals surface area contributed by atoms with Crippen LogP contribution < -0.4 is 5.73 Å². The normalized spacial score (nSPS) is 27.4. The summed E-state index contributed by atoms with van der Waals surface area (Å²) in [7, 11) is 0. The van der Waals surface area contributed by atoms with Crippen molar-refractivity contribution < 1.29 is 13.6 Å². The first-order chi connectivity index (χ1) is 8.43. The molecular formula is C14H17F2NO. The number of carbonyl (C=O) groups is 1. The predicted octanol–water partition coefficient (Wildman–Crippen LogP) is 2.59. The minimum atomic E-state index is -0.598. The summed E-state index contributed by atoms with van der Waals surface area (Å²) in [6.07, 6.45) is 2.36. The van der Waals surface area contributed by atoms with Crippen molar-refractivity contribution in [2.45, 2.75) is 38.6 Å². The van der Waals surface area contributed by atoms with E-state index in [0.717, 1.165) is 37.5 Å². The highest BCUT2D eigenvalue weighted by Gasteiger charge is 2.42. The molecule has 1 aromatic rings. The predicted molar refractivity (Wildman–Crippen MR) is 65.0 cm³/mol. The van der Waals surface area contributed by atoms with E-state index in [-0.39, 0.29) is 23.8 Å². The number of hydrogen-bond donors (Lipinski definition) is 1. The van der Waals surface area contributed by atoms with E-state index in [1.807, 2.05) is 6.92 Å². The highest BCUT2D eigenvalue weighted by Crippen LogP contribution is 2.38. The molecule has 0 saturated heterocycles. The molecule has 0 bridgehead atoms. The monoisotopic (exact) mass is 253 g/mol. The number of hydrogen-bond acceptors (Lipinski definition) is 2. The van der Waals surface area contributed by atoms with E-state index >= 15 is 0 Å². The lowest BCUT2D eigenvalue weighted by Crippen LogP contribution is -2.42. The van der Waals surface area contributed by atoms with E-state index in [1.54, 1.807) is 0 Å². The molecule has 0 amide bonds. The summed E-state index contributed by atoms with van der Waals surface area (Å²) in [5.74, 6) is -1.17. The third kappa shape index (κ3) is 2.29. The van der Waals surface area contributed by atoms with Gasteiger partial charge in [0.2, 0.25) is 0 Å². The van der Waals surface area contributed by atoms with Gasteiger partial charge in [0.25, 0.3) is 0 Å². The molecule has 2 N–H and O–H groups in total. The van der Waals surface area contributed by atoms with Crippen molar-refractivity contribution in [1.29, 1.82) is 0 Å². The lowest BCUT2D eigenvalue weighted by atomic mass is 9.78. The molecule has 2 nitrogen and oxygen atoms in total. The van der Waals surface area contributed by atoms with Gasteiger partial charge in [-0.1, -0.05) is 13.3 Å². The van der Waals surface area contributed by atoms with Crippen LogP contribution in [0, 0.1) is 17.0 Å². The van der Waals surface area contributed by atoms with Gasteiger partial charge < -0.3 is 5.73 Å². The molecule has 0 aliphatic heterocycles. The van der Waals surface area contributed by atoms with Crippen molar-refractivity contribution in [3.8, 4) is 0 Å². The van der Waals surface area contributed by atoms with Gasteiger partial charge in [-0.25, -0.2) is 8.78 Å². The molecule has 1 aromatic carbocycles. The molecule has 98 valence electrons. The van der Waals surface area contributed by atoms with E-state index in [2.05, 4.69) is 0 Å². The minimum Gasteiger partial charge on any atom is -0.327 e. The molecule has 0 heterocycles. The molecule has 1 fully saturated rings. The second-order valence-corrected chi connectivity index (χ2v) is 5.25. The summed E-state index contributed by atoms with van der Waals surface area (Å²) in [6, 6.07) is 3.00. The molecular weight excluding hydrogens is 236 g/mol. The zero-order chi connectivity index (χ0) is 13.3. The van der Waals surface area contributed by atoms with Crippen LogP contribution >= 0.6 is 0 Å². The maximum absolute atomic E-state index is 13.5. The van der Waals surface area contributed by atoms with Gasteiger partial charge in [0, 0.05) is 17.9 Å². The molecule has 4 heteroatoms. The summed E-state index contributed by atoms with van der Waals surface area (Å²) in [5, 5.41) is 0. The average molecular weight is 253 g/mol. The third-order valence-electron chi connectivity index (χ3n) is 4.03. The molecule has 1 aliphatic rings. The molecule has 1 aliphatic carbocycles. The maximum atomic E-state index is 13.5. The van der Waals surface area contributed by atoms with Crippen LogP contribution in [-0.4, -0.2) is 11.8 Å². The van der Waals surface area contributed by atoms with Gasteiger partial charge >= 0.3 is 0 Å². The SMILES string of the molecule is CC1(C(=O)Cc2cc(F)ccc2F)CCCC1N. The van der Waals surface area contributed by atoms with Crippen LogP contribution in [0.1, 0.15) is 31.7 Å². The van der Waals surface area contributed by atoms with Gasteiger partial charge in [0.15, 0.2) is 0 Å². The Bertz CT molecular complexity index is 475. The standard InChI is InChI=1S/C14H17F2NO/c1-14(6-2-3-12(14)17)13(18)8-9-7-10(15)4-5-11(9)16/h4-5,7,12H,2-3,6,8,17H2,1H3. The number of carbonyl (C=O) groups excluding carboxylic acids is 1. The summed E-state index contributed by atoms with van der Waals surface area (Å²) in [4.78, 5) is 12.2. The maximum Gasteiger partial charge on any atom is 0.144 e. The van der Waals surface area contributed by atoms with Crippen LogP contribution in [0.2, 0.25) is 0 Å². The fourth-order valence-electron chi connectivity index (χ4n) is 2.59. The first-order valence-corrected chi connectivity index (χ1v) is 6.16. The Morgan fingerprint density at radius 2 is 2.22 bits per heavy atom. The van der Waals surface area contributed by atoms with Crippen LogP contribution in [0.4, 0.5) is 8.78 Å². The van der Waals surface area contributed by atoms with Gasteiger partial charge in [-0.15, -0.1) is 0 Å². The second-order valence-electron chi connectivity index (χ2n) is 5.25. The van der Waals surface area contributed by atoms with Crippen molar-refractivity contribution in [2.24, 2.45) is 11.1 Å². The average Bonchev–Trinajstić information content (AvgIpc) is 2.66. The van der Waals surface area contributed by atoms with E-state index < -0.39 is 17.0 Å². The van der Waals surface area contributed by atoms with E-state index in [0.29, 0.717) is 0 Å². The molecule has 0 radical (unpaired) electrons. The highest BCUT2D eigenvalue weighted by molar-refractivity contribution is 5.87. The molecule has 0 spiro atoms. The van der Waals surface area contributed by atoms with Crippen molar-refractivity contribution in [3.63, 3.8) is 0 Å². The number of rotatable bonds is 3. The lowest BCUT2D eigenvalue weighted by Gasteiger charge is -2.27. The largest absolute Gasteiger partial charge is 0.327 e. The van der Waals surface area contributed by atoms with Gasteiger partial charge in [-0.2, -0.15) is 0 Å². The molecule has 2 atom stereocenters. The Kier molecular flexibility index (Phi) is 3.48. The number of halogens is 2. The Hall–Kier alpha value is -1.29. The molecule has 2 rings (SSSR count). The number of ketones is 1. The minimum absolute atomic E-state index is 0.0895. The van der Waals surface area contributed by atoms with Crippen LogP contribution in [0.5, 0.6) is 0 Å². The molecule has 0 aromatic heterocycles. The fourth-order valence-corrected chi connectivity index (χ4v) is 2.59. The van der Waals surface area contributed by atoms with Crippen molar-refractivity contribution >= 4 is 5.78 Å². The molecule has 1 saturated carbocycles. The second kappa shape index (κ2) is 4.76. The first kappa shape index (κ1) is 13.1. The van der Waals surface area contributed by atoms with Crippen molar-refractivity contribution in [1.82, 2.24) is 0 Å².